The Bertz CT molecular complexity index is 382. The number of alkyl halides is 1. The third kappa shape index (κ3) is 2.64. The molecule has 1 aromatic rings. The average Bonchev–Trinajstić information content (AvgIpc) is 2.27. The van der Waals surface area contributed by atoms with Crippen molar-refractivity contribution in [3.63, 3.8) is 0 Å². The Morgan fingerprint density at radius 1 is 1.40 bits per heavy atom. The predicted molar refractivity (Wildman–Crippen MR) is 61.3 cm³/mol. The normalized spacial score (nSPS) is 12.3. The van der Waals surface area contributed by atoms with Gasteiger partial charge in [0.25, 0.3) is 0 Å². The van der Waals surface area contributed by atoms with E-state index in [0.717, 1.165) is 11.1 Å². The summed E-state index contributed by atoms with van der Waals surface area (Å²) in [5.74, 6) is 1.08. The molecular weight excluding hydrogens is 210 g/mol. The summed E-state index contributed by atoms with van der Waals surface area (Å²) >= 11 is 5.91. The van der Waals surface area contributed by atoms with Gasteiger partial charge in [0.1, 0.15) is 11.1 Å². The molecule has 3 heteroatoms. The molecule has 0 saturated heterocycles. The van der Waals surface area contributed by atoms with Crippen LogP contribution in [0.2, 0.25) is 0 Å². The fourth-order valence-corrected chi connectivity index (χ4v) is 1.55. The minimum Gasteiger partial charge on any atom is -0.496 e. The number of hydrogen-bond donors (Lipinski definition) is 0. The molecule has 15 heavy (non-hydrogen) atoms. The molecule has 0 amide bonds. The van der Waals surface area contributed by atoms with E-state index in [4.69, 9.17) is 21.6 Å². The van der Waals surface area contributed by atoms with Crippen molar-refractivity contribution in [2.75, 3.05) is 7.11 Å². The number of halogens is 1. The van der Waals surface area contributed by atoms with Gasteiger partial charge in [-0.1, -0.05) is 19.9 Å². The SMILES string of the molecule is COc1ccc(C(C)C)cc1C(Cl)C#N. The minimum absolute atomic E-state index is 0.414. The molecule has 0 aliphatic rings. The number of hydrogen-bond acceptors (Lipinski definition) is 2. The van der Waals surface area contributed by atoms with Crippen LogP contribution in [0.4, 0.5) is 0 Å². The summed E-state index contributed by atoms with van der Waals surface area (Å²) in [4.78, 5) is 0. The molecule has 0 saturated carbocycles. The fourth-order valence-electron chi connectivity index (χ4n) is 1.38. The van der Waals surface area contributed by atoms with Crippen molar-refractivity contribution in [3.8, 4) is 11.8 Å². The van der Waals surface area contributed by atoms with Crippen LogP contribution in [0.5, 0.6) is 5.75 Å². The second-order valence-electron chi connectivity index (χ2n) is 3.65. The topological polar surface area (TPSA) is 33.0 Å². The van der Waals surface area contributed by atoms with Gasteiger partial charge in [-0.05, 0) is 23.6 Å². The predicted octanol–water partition coefficient (Wildman–Crippen LogP) is 3.62. The highest BCUT2D eigenvalue weighted by Crippen LogP contribution is 2.31. The van der Waals surface area contributed by atoms with E-state index in [1.165, 1.54) is 0 Å². The third-order valence-corrected chi connectivity index (χ3v) is 2.64. The molecule has 0 heterocycles. The molecule has 0 aliphatic carbocycles. The first-order valence-corrected chi connectivity index (χ1v) is 5.25. The molecule has 0 spiro atoms. The van der Waals surface area contributed by atoms with Gasteiger partial charge < -0.3 is 4.74 Å². The number of rotatable bonds is 3. The minimum atomic E-state index is -0.654. The van der Waals surface area contributed by atoms with Crippen molar-refractivity contribution >= 4 is 11.6 Å². The van der Waals surface area contributed by atoms with Gasteiger partial charge in [-0.15, -0.1) is 11.6 Å². The first-order valence-electron chi connectivity index (χ1n) is 4.81. The van der Waals surface area contributed by atoms with E-state index in [1.54, 1.807) is 7.11 Å². The van der Waals surface area contributed by atoms with Crippen LogP contribution in [0.25, 0.3) is 0 Å². The zero-order valence-corrected chi connectivity index (χ0v) is 9.88. The lowest BCUT2D eigenvalue weighted by atomic mass is 9.99. The average molecular weight is 224 g/mol. The molecular formula is C12H14ClNO. The second kappa shape index (κ2) is 5.04. The summed E-state index contributed by atoms with van der Waals surface area (Å²) in [6.07, 6.45) is 0. The Kier molecular flexibility index (Phi) is 3.99. The summed E-state index contributed by atoms with van der Waals surface area (Å²) < 4.78 is 5.17. The smallest absolute Gasteiger partial charge is 0.149 e. The first-order chi connectivity index (χ1) is 7.10. The summed E-state index contributed by atoms with van der Waals surface area (Å²) in [6, 6.07) is 7.79. The van der Waals surface area contributed by atoms with Crippen molar-refractivity contribution in [2.45, 2.75) is 25.1 Å². The van der Waals surface area contributed by atoms with Crippen LogP contribution in [0.3, 0.4) is 0 Å². The van der Waals surface area contributed by atoms with Crippen molar-refractivity contribution in [1.82, 2.24) is 0 Å². The maximum Gasteiger partial charge on any atom is 0.149 e. The van der Waals surface area contributed by atoms with E-state index in [2.05, 4.69) is 13.8 Å². The number of benzene rings is 1. The van der Waals surface area contributed by atoms with Crippen molar-refractivity contribution in [2.24, 2.45) is 0 Å². The molecule has 2 nitrogen and oxygen atoms in total. The van der Waals surface area contributed by atoms with E-state index in [9.17, 15) is 0 Å². The van der Waals surface area contributed by atoms with Crippen LogP contribution in [0, 0.1) is 11.3 Å². The van der Waals surface area contributed by atoms with Gasteiger partial charge in [-0.3, -0.25) is 0 Å². The third-order valence-electron chi connectivity index (χ3n) is 2.31. The summed E-state index contributed by atoms with van der Waals surface area (Å²) in [6.45, 7) is 4.20. The van der Waals surface area contributed by atoms with E-state index in [0.29, 0.717) is 11.7 Å². The number of ether oxygens (including phenoxy) is 1. The van der Waals surface area contributed by atoms with Gasteiger partial charge in [0.2, 0.25) is 0 Å². The van der Waals surface area contributed by atoms with E-state index in [1.807, 2.05) is 24.3 Å². The molecule has 80 valence electrons. The Balaban J connectivity index is 3.20. The monoisotopic (exact) mass is 223 g/mol. The maximum atomic E-state index is 8.80. The van der Waals surface area contributed by atoms with Gasteiger partial charge in [-0.2, -0.15) is 5.26 Å². The molecule has 1 unspecified atom stereocenters. The van der Waals surface area contributed by atoms with Crippen LogP contribution in [0.1, 0.15) is 36.3 Å². The lowest BCUT2D eigenvalue weighted by Gasteiger charge is -2.12. The van der Waals surface area contributed by atoms with Crippen molar-refractivity contribution < 1.29 is 4.74 Å². The molecule has 1 atom stereocenters. The van der Waals surface area contributed by atoms with Gasteiger partial charge in [0.05, 0.1) is 13.2 Å². The van der Waals surface area contributed by atoms with Crippen LogP contribution >= 0.6 is 11.6 Å². The number of methoxy groups -OCH3 is 1. The highest BCUT2D eigenvalue weighted by Gasteiger charge is 2.14. The zero-order chi connectivity index (χ0) is 11.4. The second-order valence-corrected chi connectivity index (χ2v) is 4.08. The molecule has 1 rings (SSSR count). The molecule has 0 aromatic heterocycles. The summed E-state index contributed by atoms with van der Waals surface area (Å²) in [5.41, 5.74) is 1.90. The quantitative estimate of drug-likeness (QED) is 0.734. The molecule has 0 aliphatic heterocycles. The summed E-state index contributed by atoms with van der Waals surface area (Å²) in [7, 11) is 1.58. The summed E-state index contributed by atoms with van der Waals surface area (Å²) in [5, 5.41) is 8.15. The lowest BCUT2D eigenvalue weighted by Crippen LogP contribution is -1.97. The van der Waals surface area contributed by atoms with Crippen LogP contribution in [-0.4, -0.2) is 7.11 Å². The Labute approximate surface area is 95.4 Å². The zero-order valence-electron chi connectivity index (χ0n) is 9.12. The molecule has 0 radical (unpaired) electrons. The molecule has 0 N–H and O–H groups in total. The van der Waals surface area contributed by atoms with E-state index in [-0.39, 0.29) is 0 Å². The molecule has 0 bridgehead atoms. The number of nitrogens with zero attached hydrogens (tertiary/aromatic N) is 1. The van der Waals surface area contributed by atoms with Crippen LogP contribution in [0.15, 0.2) is 18.2 Å². The van der Waals surface area contributed by atoms with Gasteiger partial charge in [0.15, 0.2) is 0 Å². The van der Waals surface area contributed by atoms with Crippen molar-refractivity contribution in [1.29, 1.82) is 5.26 Å². The number of nitriles is 1. The van der Waals surface area contributed by atoms with E-state index < -0.39 is 5.38 Å². The first kappa shape index (κ1) is 11.9. The molecule has 1 aromatic carbocycles. The fraction of sp³-hybridized carbons (Fsp3) is 0.417. The van der Waals surface area contributed by atoms with Crippen LogP contribution < -0.4 is 4.74 Å². The lowest BCUT2D eigenvalue weighted by molar-refractivity contribution is 0.410. The Hall–Kier alpha value is -1.20. The van der Waals surface area contributed by atoms with Crippen molar-refractivity contribution in [3.05, 3.63) is 29.3 Å². The Morgan fingerprint density at radius 2 is 2.07 bits per heavy atom. The highest BCUT2D eigenvalue weighted by molar-refractivity contribution is 6.22. The van der Waals surface area contributed by atoms with Gasteiger partial charge in [0, 0.05) is 5.56 Å². The highest BCUT2D eigenvalue weighted by atomic mass is 35.5. The standard InChI is InChI=1S/C12H14ClNO/c1-8(2)9-4-5-12(15-3)10(6-9)11(13)7-14/h4-6,8,11H,1-3H3. The van der Waals surface area contributed by atoms with E-state index >= 15 is 0 Å². The van der Waals surface area contributed by atoms with Gasteiger partial charge in [-0.25, -0.2) is 0 Å². The molecule has 0 fully saturated rings. The Morgan fingerprint density at radius 3 is 2.53 bits per heavy atom. The van der Waals surface area contributed by atoms with Crippen LogP contribution in [-0.2, 0) is 0 Å². The maximum absolute atomic E-state index is 8.80. The van der Waals surface area contributed by atoms with Gasteiger partial charge >= 0.3 is 0 Å². The largest absolute Gasteiger partial charge is 0.496 e.